The lowest BCUT2D eigenvalue weighted by molar-refractivity contribution is 0.102. The molecule has 0 fully saturated rings. The Bertz CT molecular complexity index is 1180. The van der Waals surface area contributed by atoms with Gasteiger partial charge in [0.25, 0.3) is 5.91 Å². The van der Waals surface area contributed by atoms with Crippen molar-refractivity contribution < 1.29 is 14.1 Å². The minimum atomic E-state index is -0.207. The Labute approximate surface area is 168 Å². The van der Waals surface area contributed by atoms with E-state index < -0.39 is 0 Å². The second kappa shape index (κ2) is 7.75. The fourth-order valence-electron chi connectivity index (χ4n) is 3.21. The molecule has 0 radical (unpaired) electrons. The molecule has 6 heteroatoms. The molecule has 4 aromatic rings. The molecule has 4 rings (SSSR count). The van der Waals surface area contributed by atoms with Crippen LogP contribution in [0.4, 0.5) is 5.69 Å². The first-order chi connectivity index (χ1) is 14.0. The van der Waals surface area contributed by atoms with E-state index in [1.807, 2.05) is 51.1 Å². The third kappa shape index (κ3) is 3.82. The summed E-state index contributed by atoms with van der Waals surface area (Å²) in [5, 5.41) is 7.82. The van der Waals surface area contributed by atoms with Gasteiger partial charge in [0.2, 0.25) is 0 Å². The number of nitrogens with zero attached hydrogens (tertiary/aromatic N) is 2. The average Bonchev–Trinajstić information content (AvgIpc) is 3.06. The molecule has 1 amide bonds. The Kier molecular flexibility index (Phi) is 4.99. The minimum absolute atomic E-state index is 0.207. The smallest absolute Gasteiger partial charge is 0.255 e. The summed E-state index contributed by atoms with van der Waals surface area (Å²) in [6, 6.07) is 14.8. The molecule has 0 saturated heterocycles. The van der Waals surface area contributed by atoms with Gasteiger partial charge in [0, 0.05) is 17.1 Å². The quantitative estimate of drug-likeness (QED) is 0.523. The number of nitrogens with one attached hydrogen (secondary N) is 1. The van der Waals surface area contributed by atoms with Gasteiger partial charge in [-0.25, -0.2) is 0 Å². The van der Waals surface area contributed by atoms with Gasteiger partial charge in [-0.3, -0.25) is 9.78 Å². The van der Waals surface area contributed by atoms with Crippen molar-refractivity contribution in [1.29, 1.82) is 0 Å². The van der Waals surface area contributed by atoms with Crippen LogP contribution in [-0.2, 0) is 6.61 Å². The zero-order valence-electron chi connectivity index (χ0n) is 16.5. The van der Waals surface area contributed by atoms with Crippen molar-refractivity contribution in [3.05, 3.63) is 82.9 Å². The van der Waals surface area contributed by atoms with Gasteiger partial charge in [-0.1, -0.05) is 17.3 Å². The van der Waals surface area contributed by atoms with Gasteiger partial charge < -0.3 is 14.6 Å². The van der Waals surface area contributed by atoms with E-state index in [0.717, 1.165) is 39.2 Å². The highest BCUT2D eigenvalue weighted by Gasteiger charge is 2.13. The van der Waals surface area contributed by atoms with E-state index in [2.05, 4.69) is 15.5 Å². The third-order valence-electron chi connectivity index (χ3n) is 4.88. The number of ether oxygens (including phenoxy) is 1. The van der Waals surface area contributed by atoms with E-state index in [1.54, 1.807) is 24.4 Å². The van der Waals surface area contributed by atoms with Crippen molar-refractivity contribution in [3.63, 3.8) is 0 Å². The summed E-state index contributed by atoms with van der Waals surface area (Å²) in [6.07, 6.45) is 1.75. The zero-order chi connectivity index (χ0) is 20.4. The predicted molar refractivity (Wildman–Crippen MR) is 111 cm³/mol. The molecule has 0 aliphatic rings. The summed E-state index contributed by atoms with van der Waals surface area (Å²) in [5.74, 6) is 1.13. The number of aryl methyl sites for hydroxylation is 3. The van der Waals surface area contributed by atoms with Crippen LogP contribution in [0, 0.1) is 20.8 Å². The fraction of sp³-hybridized carbons (Fsp3) is 0.174. The largest absolute Gasteiger partial charge is 0.489 e. The van der Waals surface area contributed by atoms with Gasteiger partial charge in [0.1, 0.15) is 18.1 Å². The molecule has 2 aromatic heterocycles. The van der Waals surface area contributed by atoms with Gasteiger partial charge in [-0.15, -0.1) is 0 Å². The second-order valence-electron chi connectivity index (χ2n) is 6.90. The van der Waals surface area contributed by atoms with Crippen molar-refractivity contribution in [2.45, 2.75) is 27.4 Å². The Morgan fingerprint density at radius 3 is 2.76 bits per heavy atom. The molecule has 0 bridgehead atoms. The fourth-order valence-corrected chi connectivity index (χ4v) is 3.21. The highest BCUT2D eigenvalue weighted by molar-refractivity contribution is 6.09. The van der Waals surface area contributed by atoms with Gasteiger partial charge >= 0.3 is 0 Å². The topological polar surface area (TPSA) is 77.2 Å². The summed E-state index contributed by atoms with van der Waals surface area (Å²) in [6.45, 7) is 6.06. The number of rotatable bonds is 5. The maximum Gasteiger partial charge on any atom is 0.255 e. The van der Waals surface area contributed by atoms with Crippen molar-refractivity contribution >= 4 is 22.5 Å². The van der Waals surface area contributed by atoms with Crippen LogP contribution in [0.15, 0.2) is 59.3 Å². The highest BCUT2D eigenvalue weighted by atomic mass is 16.5. The molecular weight excluding hydrogens is 366 g/mol. The number of hydrogen-bond donors (Lipinski definition) is 1. The maximum atomic E-state index is 12.8. The molecule has 0 atom stereocenters. The van der Waals surface area contributed by atoms with E-state index in [4.69, 9.17) is 9.26 Å². The maximum absolute atomic E-state index is 12.8. The number of fused-ring (bicyclic) bond motifs is 1. The standard InChI is InChI=1S/C23H21N3O3/c1-14-9-10-21(19-8-5-11-24-22(14)19)25-23(27)17-6-4-7-18(12-17)28-13-20-15(2)26-29-16(20)3/h4-12H,13H2,1-3H3,(H,25,27). The van der Waals surface area contributed by atoms with Crippen molar-refractivity contribution in [3.8, 4) is 5.75 Å². The van der Waals surface area contributed by atoms with Gasteiger partial charge in [-0.2, -0.15) is 0 Å². The second-order valence-corrected chi connectivity index (χ2v) is 6.90. The Morgan fingerprint density at radius 2 is 1.97 bits per heavy atom. The van der Waals surface area contributed by atoms with Crippen LogP contribution < -0.4 is 10.1 Å². The van der Waals surface area contributed by atoms with Gasteiger partial charge in [0.15, 0.2) is 0 Å². The van der Waals surface area contributed by atoms with Gasteiger partial charge in [0.05, 0.1) is 22.5 Å². The lowest BCUT2D eigenvalue weighted by Gasteiger charge is -2.11. The van der Waals surface area contributed by atoms with Crippen molar-refractivity contribution in [1.82, 2.24) is 10.1 Å². The van der Waals surface area contributed by atoms with Crippen molar-refractivity contribution in [2.24, 2.45) is 0 Å². The average molecular weight is 387 g/mol. The molecule has 2 aromatic carbocycles. The SMILES string of the molecule is Cc1noc(C)c1COc1cccc(C(=O)Nc2ccc(C)c3ncccc23)c1. The van der Waals surface area contributed by atoms with Crippen LogP contribution in [0.3, 0.4) is 0 Å². The monoisotopic (exact) mass is 387 g/mol. The Balaban J connectivity index is 1.53. The molecular formula is C23H21N3O3. The normalized spacial score (nSPS) is 10.9. The zero-order valence-corrected chi connectivity index (χ0v) is 16.5. The first kappa shape index (κ1) is 18.7. The molecule has 0 spiro atoms. The summed E-state index contributed by atoms with van der Waals surface area (Å²) < 4.78 is 11.0. The van der Waals surface area contributed by atoms with Crippen LogP contribution in [0.2, 0.25) is 0 Å². The van der Waals surface area contributed by atoms with Crippen LogP contribution >= 0.6 is 0 Å². The van der Waals surface area contributed by atoms with E-state index >= 15 is 0 Å². The molecule has 6 nitrogen and oxygen atoms in total. The number of carbonyl (C=O) groups excluding carboxylic acids is 1. The molecule has 0 aliphatic heterocycles. The summed E-state index contributed by atoms with van der Waals surface area (Å²) in [7, 11) is 0. The number of benzene rings is 2. The summed E-state index contributed by atoms with van der Waals surface area (Å²) in [4.78, 5) is 17.2. The molecule has 29 heavy (non-hydrogen) atoms. The van der Waals surface area contributed by atoms with E-state index in [0.29, 0.717) is 17.9 Å². The Morgan fingerprint density at radius 1 is 1.10 bits per heavy atom. The van der Waals surface area contributed by atoms with E-state index in [1.165, 1.54) is 0 Å². The summed E-state index contributed by atoms with van der Waals surface area (Å²) >= 11 is 0. The minimum Gasteiger partial charge on any atom is -0.489 e. The predicted octanol–water partition coefficient (Wildman–Crippen LogP) is 4.98. The van der Waals surface area contributed by atoms with Crippen LogP contribution in [0.25, 0.3) is 10.9 Å². The lowest BCUT2D eigenvalue weighted by atomic mass is 10.1. The first-order valence-electron chi connectivity index (χ1n) is 9.33. The number of hydrogen-bond acceptors (Lipinski definition) is 5. The van der Waals surface area contributed by atoms with E-state index in [-0.39, 0.29) is 5.91 Å². The molecule has 146 valence electrons. The number of aromatic nitrogens is 2. The number of carbonyl (C=O) groups is 1. The summed E-state index contributed by atoms with van der Waals surface area (Å²) in [5.41, 5.74) is 4.90. The number of pyridine rings is 1. The number of amides is 1. The van der Waals surface area contributed by atoms with Gasteiger partial charge in [-0.05, 0) is 62.7 Å². The molecule has 0 saturated carbocycles. The molecule has 0 aliphatic carbocycles. The molecule has 2 heterocycles. The van der Waals surface area contributed by atoms with Crippen LogP contribution in [0.1, 0.15) is 32.9 Å². The van der Waals surface area contributed by atoms with Crippen molar-refractivity contribution in [2.75, 3.05) is 5.32 Å². The van der Waals surface area contributed by atoms with E-state index in [9.17, 15) is 4.79 Å². The highest BCUT2D eigenvalue weighted by Crippen LogP contribution is 2.25. The molecule has 0 unspecified atom stereocenters. The van der Waals surface area contributed by atoms with Crippen LogP contribution in [-0.4, -0.2) is 16.0 Å². The van der Waals surface area contributed by atoms with Crippen LogP contribution in [0.5, 0.6) is 5.75 Å². The first-order valence-corrected chi connectivity index (χ1v) is 9.33. The third-order valence-corrected chi connectivity index (χ3v) is 4.88. The lowest BCUT2D eigenvalue weighted by Crippen LogP contribution is -2.12. The Hall–Kier alpha value is -3.67. The molecule has 1 N–H and O–H groups in total. The number of anilines is 1.